The average molecular weight is 448 g/mol. The molecule has 5 aliphatic rings. The minimum atomic E-state index is -0.361. The molecule has 8 nitrogen and oxygen atoms in total. The minimum absolute atomic E-state index is 0.0410. The molecule has 2 unspecified atom stereocenters. The predicted molar refractivity (Wildman–Crippen MR) is 125 cm³/mol. The molecule has 7 rings (SSSR count). The molecule has 4 fully saturated rings. The summed E-state index contributed by atoms with van der Waals surface area (Å²) in [5, 5.41) is 5.06. The first-order valence-electron chi connectivity index (χ1n) is 11.7. The number of rotatable bonds is 5. The van der Waals surface area contributed by atoms with Crippen LogP contribution in [-0.4, -0.2) is 58.1 Å². The Morgan fingerprint density at radius 2 is 2.27 bits per heavy atom. The highest BCUT2D eigenvalue weighted by atomic mass is 16.5. The number of nitrogens with two attached hydrogens (primary N) is 1. The average Bonchev–Trinajstić information content (AvgIpc) is 3.36. The summed E-state index contributed by atoms with van der Waals surface area (Å²) in [4.78, 5) is 23.9. The van der Waals surface area contributed by atoms with E-state index in [1.807, 2.05) is 38.2 Å². The Bertz CT molecular complexity index is 1200. The molecule has 2 bridgehead atoms. The van der Waals surface area contributed by atoms with Gasteiger partial charge >= 0.3 is 0 Å². The number of hydrogen-bond acceptors (Lipinski definition) is 7. The number of carbonyl (C=O) groups excluding carboxylic acids is 1. The molecular weight excluding hydrogens is 418 g/mol. The van der Waals surface area contributed by atoms with E-state index in [0.717, 1.165) is 54.5 Å². The lowest BCUT2D eigenvalue weighted by atomic mass is 9.66. The van der Waals surface area contributed by atoms with Gasteiger partial charge in [0.25, 0.3) is 0 Å². The summed E-state index contributed by atoms with van der Waals surface area (Å²) in [5.41, 5.74) is 3.80. The summed E-state index contributed by atoms with van der Waals surface area (Å²) < 4.78 is 11.8. The van der Waals surface area contributed by atoms with Crippen LogP contribution in [0.5, 0.6) is 5.75 Å². The molecule has 1 aliphatic carbocycles. The van der Waals surface area contributed by atoms with Gasteiger partial charge in [0, 0.05) is 35.8 Å². The van der Waals surface area contributed by atoms with Gasteiger partial charge in [-0.3, -0.25) is 14.8 Å². The summed E-state index contributed by atoms with van der Waals surface area (Å²) >= 11 is 0. The van der Waals surface area contributed by atoms with Crippen LogP contribution >= 0.6 is 0 Å². The highest BCUT2D eigenvalue weighted by molar-refractivity contribution is 6.32. The molecule has 0 radical (unpaired) electrons. The van der Waals surface area contributed by atoms with Gasteiger partial charge in [-0.15, -0.1) is 0 Å². The molecule has 4 aliphatic heterocycles. The van der Waals surface area contributed by atoms with Crippen LogP contribution in [0, 0.1) is 5.92 Å². The van der Waals surface area contributed by atoms with Crippen molar-refractivity contribution in [3.8, 4) is 5.75 Å². The topological polar surface area (TPSA) is 102 Å². The molecule has 172 valence electrons. The number of nitrogens with zero attached hydrogens (tertiary/aromatic N) is 4. The van der Waals surface area contributed by atoms with E-state index in [-0.39, 0.29) is 29.0 Å². The van der Waals surface area contributed by atoms with Crippen molar-refractivity contribution in [2.45, 2.75) is 63.3 Å². The molecule has 33 heavy (non-hydrogen) atoms. The zero-order valence-electron chi connectivity index (χ0n) is 19.1. The first kappa shape index (κ1) is 20.6. The summed E-state index contributed by atoms with van der Waals surface area (Å²) in [6.07, 6.45) is 6.99. The third-order valence-corrected chi connectivity index (χ3v) is 7.86. The lowest BCUT2D eigenvalue weighted by Crippen LogP contribution is -2.49. The molecule has 5 heterocycles. The molecule has 1 aromatic carbocycles. The molecule has 2 N–H and O–H groups in total. The maximum atomic E-state index is 12.4. The van der Waals surface area contributed by atoms with Gasteiger partial charge in [-0.1, -0.05) is 6.92 Å². The number of pyridine rings is 1. The zero-order valence-corrected chi connectivity index (χ0v) is 19.1. The number of fused-ring (bicyclic) bond motifs is 3. The standard InChI is InChI=1S/C25H29N5O3/c1-15-8-25-12-24(13-25,14-30(25)23(15)31)28-10-22(29-26)16(2)33-18-3-4-21-20(7-18)19-5-6-32-11-17(19)9-27-21/h3-4,7,9-10,15-16H,5-6,8,11-14,26H2,1-2H3/b28-10?,29-22+. The fourth-order valence-corrected chi connectivity index (χ4v) is 6.39. The van der Waals surface area contributed by atoms with Crippen molar-refractivity contribution in [3.05, 3.63) is 35.5 Å². The Labute approximate surface area is 192 Å². The van der Waals surface area contributed by atoms with Crippen LogP contribution in [0.15, 0.2) is 34.5 Å². The minimum Gasteiger partial charge on any atom is -0.484 e. The number of carbonyl (C=O) groups is 1. The van der Waals surface area contributed by atoms with Gasteiger partial charge in [0.1, 0.15) is 17.6 Å². The maximum Gasteiger partial charge on any atom is 0.226 e. The second-order valence-corrected chi connectivity index (χ2v) is 10.1. The molecule has 2 aromatic rings. The van der Waals surface area contributed by atoms with Crippen molar-refractivity contribution in [2.24, 2.45) is 21.9 Å². The van der Waals surface area contributed by atoms with Gasteiger partial charge in [-0.2, -0.15) is 5.10 Å². The van der Waals surface area contributed by atoms with Crippen LogP contribution in [0.2, 0.25) is 0 Å². The number of aliphatic imine (C=N–C) groups is 1. The fraction of sp³-hybridized carbons (Fsp3) is 0.520. The zero-order chi connectivity index (χ0) is 22.8. The molecule has 8 heteroatoms. The first-order chi connectivity index (χ1) is 15.9. The quantitative estimate of drug-likeness (QED) is 0.431. The Balaban J connectivity index is 1.18. The van der Waals surface area contributed by atoms with E-state index in [2.05, 4.69) is 15.0 Å². The van der Waals surface area contributed by atoms with Gasteiger partial charge in [0.05, 0.1) is 24.3 Å². The van der Waals surface area contributed by atoms with Crippen molar-refractivity contribution in [1.29, 1.82) is 0 Å². The number of ether oxygens (including phenoxy) is 2. The van der Waals surface area contributed by atoms with E-state index >= 15 is 0 Å². The van der Waals surface area contributed by atoms with Gasteiger partial charge in [-0.05, 0) is 61.9 Å². The molecule has 2 atom stereocenters. The van der Waals surface area contributed by atoms with Crippen molar-refractivity contribution < 1.29 is 14.3 Å². The van der Waals surface area contributed by atoms with Crippen molar-refractivity contribution in [3.63, 3.8) is 0 Å². The second-order valence-electron chi connectivity index (χ2n) is 10.1. The summed E-state index contributed by atoms with van der Waals surface area (Å²) in [5.74, 6) is 6.86. The first-order valence-corrected chi connectivity index (χ1v) is 11.7. The Kier molecular flexibility index (Phi) is 4.52. The van der Waals surface area contributed by atoms with Gasteiger partial charge in [0.2, 0.25) is 5.91 Å². The van der Waals surface area contributed by atoms with E-state index in [0.29, 0.717) is 18.9 Å². The number of hydrazone groups is 1. The summed E-state index contributed by atoms with van der Waals surface area (Å²) in [7, 11) is 0. The van der Waals surface area contributed by atoms with Crippen molar-refractivity contribution >= 4 is 28.7 Å². The van der Waals surface area contributed by atoms with Crippen molar-refractivity contribution in [1.82, 2.24) is 9.88 Å². The SMILES string of the molecule is CC1CC23CC(N=C/C(=N\N)C(C)Oc4ccc5ncc6c(c5c4)CCOC6)(CN2C1=O)C3. The molecule has 1 amide bonds. The number of benzene rings is 1. The third kappa shape index (κ3) is 3.14. The van der Waals surface area contributed by atoms with E-state index in [1.165, 1.54) is 5.56 Å². The normalized spacial score (nSPS) is 31.6. The van der Waals surface area contributed by atoms with Crippen LogP contribution in [0.1, 0.15) is 44.2 Å². The van der Waals surface area contributed by atoms with E-state index in [1.54, 1.807) is 6.21 Å². The van der Waals surface area contributed by atoms with Gasteiger partial charge in [0.15, 0.2) is 0 Å². The van der Waals surface area contributed by atoms with E-state index in [4.69, 9.17) is 20.3 Å². The maximum absolute atomic E-state index is 12.4. The fourth-order valence-electron chi connectivity index (χ4n) is 6.39. The lowest BCUT2D eigenvalue weighted by Gasteiger charge is -2.43. The van der Waals surface area contributed by atoms with Crippen LogP contribution in [0.25, 0.3) is 10.9 Å². The third-order valence-electron chi connectivity index (χ3n) is 7.86. The van der Waals surface area contributed by atoms with Crippen molar-refractivity contribution in [2.75, 3.05) is 13.2 Å². The van der Waals surface area contributed by atoms with E-state index in [9.17, 15) is 4.79 Å². The van der Waals surface area contributed by atoms with Crippen LogP contribution in [0.3, 0.4) is 0 Å². The van der Waals surface area contributed by atoms with E-state index < -0.39 is 0 Å². The molecule has 3 saturated heterocycles. The van der Waals surface area contributed by atoms with Crippen LogP contribution in [-0.2, 0) is 22.6 Å². The molecule has 1 aromatic heterocycles. The smallest absolute Gasteiger partial charge is 0.226 e. The van der Waals surface area contributed by atoms with Gasteiger partial charge in [-0.25, -0.2) is 0 Å². The number of aromatic nitrogens is 1. The van der Waals surface area contributed by atoms with Gasteiger partial charge < -0.3 is 20.2 Å². The van der Waals surface area contributed by atoms with Crippen LogP contribution in [0.4, 0.5) is 0 Å². The molecule has 1 saturated carbocycles. The number of hydrogen-bond donors (Lipinski definition) is 1. The van der Waals surface area contributed by atoms with Crippen LogP contribution < -0.4 is 10.6 Å². The summed E-state index contributed by atoms with van der Waals surface area (Å²) in [6, 6.07) is 5.95. The number of amides is 1. The largest absolute Gasteiger partial charge is 0.484 e. The Morgan fingerprint density at radius 3 is 3.06 bits per heavy atom. The second kappa shape index (κ2) is 7.25. The molecule has 1 spiro atoms. The Morgan fingerprint density at radius 1 is 1.42 bits per heavy atom. The highest BCUT2D eigenvalue weighted by Crippen LogP contribution is 2.61. The highest BCUT2D eigenvalue weighted by Gasteiger charge is 2.70. The molecular formula is C25H29N5O3. The lowest BCUT2D eigenvalue weighted by molar-refractivity contribution is -0.131. The monoisotopic (exact) mass is 447 g/mol. The Hall–Kier alpha value is -3.00. The predicted octanol–water partition coefficient (Wildman–Crippen LogP) is 2.61. The summed E-state index contributed by atoms with van der Waals surface area (Å²) in [6.45, 7) is 5.98.